The van der Waals surface area contributed by atoms with Crippen LogP contribution in [0.4, 0.5) is 13.2 Å². The van der Waals surface area contributed by atoms with Crippen molar-refractivity contribution in [2.75, 3.05) is 7.11 Å². The zero-order chi connectivity index (χ0) is 24.0. The third kappa shape index (κ3) is 6.85. The number of carbonyl (C=O) groups excluding carboxylic acids is 1. The van der Waals surface area contributed by atoms with E-state index in [-0.39, 0.29) is 17.9 Å². The average Bonchev–Trinajstić information content (AvgIpc) is 2.78. The number of carbonyl (C=O) groups is 1. The molecule has 0 unspecified atom stereocenters. The normalized spacial score (nSPS) is 11.2. The smallest absolute Gasteiger partial charge is 0.487 e. The second-order valence-electron chi connectivity index (χ2n) is 6.88. The lowest BCUT2D eigenvalue weighted by atomic mass is 10.1. The van der Waals surface area contributed by atoms with E-state index >= 15 is 0 Å². The first-order valence-electron chi connectivity index (χ1n) is 9.70. The highest BCUT2D eigenvalue weighted by Gasteiger charge is 2.31. The number of esters is 1. The van der Waals surface area contributed by atoms with Crippen molar-refractivity contribution in [2.24, 2.45) is 0 Å². The first-order chi connectivity index (χ1) is 15.7. The van der Waals surface area contributed by atoms with Crippen LogP contribution in [0.15, 0.2) is 69.9 Å². The van der Waals surface area contributed by atoms with Crippen LogP contribution in [0.5, 0.6) is 11.5 Å². The predicted octanol–water partition coefficient (Wildman–Crippen LogP) is 5.12. The Morgan fingerprint density at radius 1 is 1.03 bits per heavy atom. The van der Waals surface area contributed by atoms with Gasteiger partial charge in [-0.2, -0.15) is 0 Å². The van der Waals surface area contributed by atoms with E-state index in [9.17, 15) is 22.8 Å². The number of pyridine rings is 1. The van der Waals surface area contributed by atoms with Crippen LogP contribution in [0, 0.1) is 0 Å². The lowest BCUT2D eigenvalue weighted by Crippen LogP contribution is -2.25. The summed E-state index contributed by atoms with van der Waals surface area (Å²) in [6.07, 6.45) is -4.31. The minimum absolute atomic E-state index is 0.0424. The molecule has 0 amide bonds. The van der Waals surface area contributed by atoms with Gasteiger partial charge in [-0.1, -0.05) is 18.2 Å². The van der Waals surface area contributed by atoms with Crippen molar-refractivity contribution in [1.29, 1.82) is 0 Å². The van der Waals surface area contributed by atoms with E-state index < -0.39 is 18.1 Å². The Morgan fingerprint density at radius 3 is 2.39 bits per heavy atom. The highest BCUT2D eigenvalue weighted by molar-refractivity contribution is 9.10. The molecule has 0 aliphatic rings. The lowest BCUT2D eigenvalue weighted by molar-refractivity contribution is -0.274. The molecule has 0 fully saturated rings. The van der Waals surface area contributed by atoms with Crippen molar-refractivity contribution in [3.05, 3.63) is 92.3 Å². The number of nitrogens with zero attached hydrogens (tertiary/aromatic N) is 1. The van der Waals surface area contributed by atoms with Gasteiger partial charge < -0.3 is 18.8 Å². The number of halogens is 4. The molecule has 0 atom stereocenters. The second kappa shape index (κ2) is 10.6. The summed E-state index contributed by atoms with van der Waals surface area (Å²) >= 11 is 3.22. The van der Waals surface area contributed by atoms with E-state index in [1.54, 1.807) is 36.4 Å². The number of hydrogen-bond donors (Lipinski definition) is 0. The minimum atomic E-state index is -4.81. The summed E-state index contributed by atoms with van der Waals surface area (Å²) in [5.74, 6) is -0.672. The highest BCUT2D eigenvalue weighted by atomic mass is 79.9. The molecule has 6 nitrogen and oxygen atoms in total. The second-order valence-corrected chi connectivity index (χ2v) is 7.73. The molecule has 0 spiro atoms. The van der Waals surface area contributed by atoms with Gasteiger partial charge in [0.15, 0.2) is 0 Å². The molecule has 0 aliphatic carbocycles. The third-order valence-corrected chi connectivity index (χ3v) is 5.25. The van der Waals surface area contributed by atoms with Crippen molar-refractivity contribution in [3.63, 3.8) is 0 Å². The van der Waals surface area contributed by atoms with Gasteiger partial charge in [-0.05, 0) is 64.3 Å². The van der Waals surface area contributed by atoms with Crippen LogP contribution in [-0.2, 0) is 24.3 Å². The number of aryl methyl sites for hydroxylation is 1. The van der Waals surface area contributed by atoms with Crippen LogP contribution < -0.4 is 15.0 Å². The SMILES string of the molecule is COC(=O)c1ccc(CCn2c(COc3cccc(OC(F)(F)F)c3)ccc(Br)c2=O)cc1. The Hall–Kier alpha value is -3.27. The number of methoxy groups -OCH3 is 1. The first-order valence-corrected chi connectivity index (χ1v) is 10.5. The Morgan fingerprint density at radius 2 is 1.73 bits per heavy atom. The van der Waals surface area contributed by atoms with E-state index in [2.05, 4.69) is 25.4 Å². The molecule has 3 aromatic rings. The van der Waals surface area contributed by atoms with Crippen LogP contribution in [0.25, 0.3) is 0 Å². The molecule has 0 aliphatic heterocycles. The summed E-state index contributed by atoms with van der Waals surface area (Å²) in [5.41, 5.74) is 1.60. The topological polar surface area (TPSA) is 66.8 Å². The molecular formula is C23H19BrF3NO5. The van der Waals surface area contributed by atoms with Crippen LogP contribution in [-0.4, -0.2) is 24.0 Å². The standard InChI is InChI=1S/C23H19BrF3NO5/c1-31-22(30)16-7-5-15(6-8-16)11-12-28-17(9-10-20(24)21(28)29)14-32-18-3-2-4-19(13-18)33-23(25,26)27/h2-10,13H,11-12,14H2,1H3. The van der Waals surface area contributed by atoms with Gasteiger partial charge in [-0.25, -0.2) is 4.79 Å². The molecule has 1 heterocycles. The summed E-state index contributed by atoms with van der Waals surface area (Å²) < 4.78 is 53.4. The number of rotatable bonds is 8. The van der Waals surface area contributed by atoms with Crippen molar-refractivity contribution in [1.82, 2.24) is 4.57 Å². The third-order valence-electron chi connectivity index (χ3n) is 4.64. The van der Waals surface area contributed by atoms with Gasteiger partial charge >= 0.3 is 12.3 Å². The van der Waals surface area contributed by atoms with Crippen molar-refractivity contribution in [2.45, 2.75) is 25.9 Å². The molecule has 33 heavy (non-hydrogen) atoms. The maximum Gasteiger partial charge on any atom is 0.573 e. The predicted molar refractivity (Wildman–Crippen MR) is 117 cm³/mol. The summed E-state index contributed by atoms with van der Waals surface area (Å²) in [4.78, 5) is 24.2. The molecule has 10 heteroatoms. The van der Waals surface area contributed by atoms with E-state index in [1.165, 1.54) is 29.9 Å². The fourth-order valence-electron chi connectivity index (χ4n) is 3.05. The highest BCUT2D eigenvalue weighted by Crippen LogP contribution is 2.26. The number of benzene rings is 2. The van der Waals surface area contributed by atoms with E-state index in [4.69, 9.17) is 4.74 Å². The van der Waals surface area contributed by atoms with Crippen LogP contribution >= 0.6 is 15.9 Å². The molecule has 0 saturated carbocycles. The zero-order valence-electron chi connectivity index (χ0n) is 17.4. The van der Waals surface area contributed by atoms with Gasteiger partial charge in [0, 0.05) is 12.6 Å². The summed E-state index contributed by atoms with van der Waals surface area (Å²) in [5, 5.41) is 0. The fourth-order valence-corrected chi connectivity index (χ4v) is 3.39. The number of aromatic nitrogens is 1. The molecule has 2 aromatic carbocycles. The number of alkyl halides is 3. The first kappa shape index (κ1) is 24.4. The molecule has 174 valence electrons. The summed E-state index contributed by atoms with van der Waals surface area (Å²) in [6.45, 7) is 0.283. The Bertz CT molecular complexity index is 1180. The van der Waals surface area contributed by atoms with Crippen LogP contribution in [0.1, 0.15) is 21.6 Å². The quantitative estimate of drug-likeness (QED) is 0.382. The number of hydrogen-bond acceptors (Lipinski definition) is 5. The van der Waals surface area contributed by atoms with E-state index in [1.807, 2.05) is 0 Å². The van der Waals surface area contributed by atoms with E-state index in [0.717, 1.165) is 11.6 Å². The molecule has 0 radical (unpaired) electrons. The maximum atomic E-state index is 12.7. The van der Waals surface area contributed by atoms with Crippen molar-refractivity contribution in [3.8, 4) is 11.5 Å². The van der Waals surface area contributed by atoms with Crippen molar-refractivity contribution < 1.29 is 32.2 Å². The van der Waals surface area contributed by atoms with Crippen LogP contribution in [0.3, 0.4) is 0 Å². The summed E-state index contributed by atoms with van der Waals surface area (Å²) in [7, 11) is 1.30. The van der Waals surface area contributed by atoms with Gasteiger partial charge in [0.1, 0.15) is 18.1 Å². The average molecular weight is 526 g/mol. The molecule has 3 rings (SSSR count). The lowest BCUT2D eigenvalue weighted by Gasteiger charge is -2.15. The number of ether oxygens (including phenoxy) is 3. The van der Waals surface area contributed by atoms with Crippen molar-refractivity contribution >= 4 is 21.9 Å². The molecule has 1 aromatic heterocycles. The van der Waals surface area contributed by atoms with Gasteiger partial charge in [-0.3, -0.25) is 4.79 Å². The van der Waals surface area contributed by atoms with Gasteiger partial charge in [-0.15, -0.1) is 13.2 Å². The maximum absolute atomic E-state index is 12.7. The van der Waals surface area contributed by atoms with Gasteiger partial charge in [0.25, 0.3) is 5.56 Å². The molecular weight excluding hydrogens is 507 g/mol. The molecule has 0 bridgehead atoms. The Balaban J connectivity index is 1.73. The zero-order valence-corrected chi connectivity index (χ0v) is 19.0. The monoisotopic (exact) mass is 525 g/mol. The van der Waals surface area contributed by atoms with Gasteiger partial charge in [0.05, 0.1) is 22.8 Å². The minimum Gasteiger partial charge on any atom is -0.487 e. The largest absolute Gasteiger partial charge is 0.573 e. The van der Waals surface area contributed by atoms with E-state index in [0.29, 0.717) is 28.7 Å². The Kier molecular flexibility index (Phi) is 7.80. The van der Waals surface area contributed by atoms with Gasteiger partial charge in [0.2, 0.25) is 0 Å². The Labute approximate surface area is 195 Å². The van der Waals surface area contributed by atoms with Crippen LogP contribution in [0.2, 0.25) is 0 Å². The molecule has 0 N–H and O–H groups in total. The summed E-state index contributed by atoms with van der Waals surface area (Å²) in [6, 6.07) is 15.3. The fraction of sp³-hybridized carbons (Fsp3) is 0.217. The molecule has 0 saturated heterocycles.